The minimum Gasteiger partial charge on any atom is -0.490 e. The number of halogens is 1. The van der Waals surface area contributed by atoms with Gasteiger partial charge in [0.1, 0.15) is 23.9 Å². The third-order valence-electron chi connectivity index (χ3n) is 4.47. The van der Waals surface area contributed by atoms with E-state index in [9.17, 15) is 4.79 Å². The van der Waals surface area contributed by atoms with E-state index in [1.165, 1.54) is 11.8 Å². The number of nitrogens with two attached hydrogens (primary N) is 1. The average molecular weight is 365 g/mol. The number of carbonyl (C=O) groups is 1. The quantitative estimate of drug-likeness (QED) is 0.902. The lowest BCUT2D eigenvalue weighted by molar-refractivity contribution is 0.0593. The van der Waals surface area contributed by atoms with Gasteiger partial charge in [-0.2, -0.15) is 0 Å². The zero-order valence-electron chi connectivity index (χ0n) is 14.7. The number of hydrogen-bond donors (Lipinski definition) is 1. The molecule has 1 aliphatic heterocycles. The summed E-state index contributed by atoms with van der Waals surface area (Å²) < 4.78 is 11.4. The molecule has 0 bridgehead atoms. The molecule has 6 heteroatoms. The van der Waals surface area contributed by atoms with Crippen LogP contribution < -0.4 is 10.5 Å². The summed E-state index contributed by atoms with van der Waals surface area (Å²) >= 11 is 0. The van der Waals surface area contributed by atoms with Crippen molar-refractivity contribution in [3.8, 4) is 5.75 Å². The van der Waals surface area contributed by atoms with Crippen LogP contribution in [0.5, 0.6) is 5.75 Å². The normalized spacial score (nSPS) is 14.9. The number of rotatable bonds is 4. The van der Waals surface area contributed by atoms with E-state index in [1.807, 2.05) is 4.90 Å². The molecule has 0 unspecified atom stereocenters. The third-order valence-corrected chi connectivity index (χ3v) is 4.47. The molecule has 25 heavy (non-hydrogen) atoms. The average Bonchev–Trinajstić information content (AvgIpc) is 3.07. The first-order valence-corrected chi connectivity index (χ1v) is 8.37. The van der Waals surface area contributed by atoms with Crippen molar-refractivity contribution in [3.63, 3.8) is 0 Å². The van der Waals surface area contributed by atoms with Gasteiger partial charge in [0.05, 0.1) is 12.1 Å². The second-order valence-corrected chi connectivity index (χ2v) is 6.38. The minimum atomic E-state index is 0. The molecule has 2 heterocycles. The van der Waals surface area contributed by atoms with Crippen LogP contribution in [0.1, 0.15) is 40.1 Å². The molecule has 136 valence electrons. The van der Waals surface area contributed by atoms with Crippen molar-refractivity contribution < 1.29 is 13.9 Å². The molecular weight excluding hydrogens is 340 g/mol. The molecule has 0 atom stereocenters. The van der Waals surface area contributed by atoms with Crippen LogP contribution in [0.4, 0.5) is 0 Å². The van der Waals surface area contributed by atoms with Crippen LogP contribution in [0.15, 0.2) is 34.9 Å². The zero-order chi connectivity index (χ0) is 17.1. The van der Waals surface area contributed by atoms with E-state index < -0.39 is 0 Å². The number of amides is 1. The molecule has 0 aliphatic carbocycles. The molecule has 2 aromatic rings. The summed E-state index contributed by atoms with van der Waals surface area (Å²) in [5, 5.41) is 0. The van der Waals surface area contributed by atoms with Crippen LogP contribution >= 0.6 is 12.4 Å². The molecule has 1 amide bonds. The fourth-order valence-electron chi connectivity index (χ4n) is 2.97. The van der Waals surface area contributed by atoms with Crippen molar-refractivity contribution >= 4 is 18.3 Å². The molecule has 2 N–H and O–H groups in total. The Morgan fingerprint density at radius 3 is 2.64 bits per heavy atom. The van der Waals surface area contributed by atoms with E-state index in [0.29, 0.717) is 31.0 Å². The van der Waals surface area contributed by atoms with Crippen LogP contribution in [0.25, 0.3) is 0 Å². The first-order chi connectivity index (χ1) is 11.6. The van der Waals surface area contributed by atoms with Crippen LogP contribution in [-0.2, 0) is 6.54 Å². The Balaban J connectivity index is 0.00000225. The van der Waals surface area contributed by atoms with E-state index >= 15 is 0 Å². The number of likely N-dealkylation sites (tertiary alicyclic amines) is 1. The molecule has 1 aromatic carbocycles. The fourth-order valence-corrected chi connectivity index (χ4v) is 2.97. The maximum Gasteiger partial charge on any atom is 0.257 e. The number of ether oxygens (including phenoxy) is 1. The maximum absolute atomic E-state index is 12.5. The highest BCUT2D eigenvalue weighted by Gasteiger charge is 2.25. The predicted molar refractivity (Wildman–Crippen MR) is 99.3 cm³/mol. The van der Waals surface area contributed by atoms with Gasteiger partial charge in [-0.1, -0.05) is 12.1 Å². The number of piperidine rings is 1. The van der Waals surface area contributed by atoms with Crippen molar-refractivity contribution in [1.82, 2.24) is 4.90 Å². The molecule has 1 fully saturated rings. The monoisotopic (exact) mass is 364 g/mol. The summed E-state index contributed by atoms with van der Waals surface area (Å²) in [6, 6.07) is 7.97. The second-order valence-electron chi connectivity index (χ2n) is 6.38. The molecule has 1 aromatic heterocycles. The van der Waals surface area contributed by atoms with Gasteiger partial charge in [-0.3, -0.25) is 4.79 Å². The van der Waals surface area contributed by atoms with Crippen LogP contribution in [0, 0.1) is 13.8 Å². The molecule has 0 saturated carbocycles. The Labute approximate surface area is 154 Å². The second kappa shape index (κ2) is 8.41. The highest BCUT2D eigenvalue weighted by atomic mass is 35.5. The van der Waals surface area contributed by atoms with Crippen molar-refractivity contribution in [3.05, 3.63) is 53.0 Å². The smallest absolute Gasteiger partial charge is 0.257 e. The van der Waals surface area contributed by atoms with Gasteiger partial charge in [-0.15, -0.1) is 12.4 Å². The van der Waals surface area contributed by atoms with Gasteiger partial charge in [-0.05, 0) is 37.1 Å². The van der Waals surface area contributed by atoms with Gasteiger partial charge in [0.15, 0.2) is 0 Å². The van der Waals surface area contributed by atoms with Crippen LogP contribution in [0.3, 0.4) is 0 Å². The first-order valence-electron chi connectivity index (χ1n) is 8.37. The van der Waals surface area contributed by atoms with Crippen molar-refractivity contribution in [2.75, 3.05) is 13.1 Å². The van der Waals surface area contributed by atoms with E-state index in [0.717, 1.165) is 24.2 Å². The number of nitrogens with zero attached hydrogens (tertiary/aromatic N) is 1. The van der Waals surface area contributed by atoms with Gasteiger partial charge < -0.3 is 19.8 Å². The van der Waals surface area contributed by atoms with Crippen LogP contribution in [0.2, 0.25) is 0 Å². The van der Waals surface area contributed by atoms with Gasteiger partial charge >= 0.3 is 0 Å². The molecule has 5 nitrogen and oxygen atoms in total. The number of aryl methyl sites for hydroxylation is 2. The Bertz CT molecular complexity index is 721. The van der Waals surface area contributed by atoms with Crippen molar-refractivity contribution in [1.29, 1.82) is 0 Å². The minimum absolute atomic E-state index is 0. The number of carbonyl (C=O) groups excluding carboxylic acids is 1. The van der Waals surface area contributed by atoms with E-state index in [1.54, 1.807) is 6.07 Å². The number of furan rings is 1. The number of hydrogen-bond acceptors (Lipinski definition) is 4. The molecular formula is C19H25ClN2O3. The van der Waals surface area contributed by atoms with E-state index in [4.69, 9.17) is 14.9 Å². The number of benzene rings is 1. The Hall–Kier alpha value is -1.98. The summed E-state index contributed by atoms with van der Waals surface area (Å²) in [5.41, 5.74) is 8.43. The summed E-state index contributed by atoms with van der Waals surface area (Å²) in [5.74, 6) is 1.58. The van der Waals surface area contributed by atoms with E-state index in [2.05, 4.69) is 32.0 Å². The zero-order valence-corrected chi connectivity index (χ0v) is 15.5. The molecule has 3 rings (SSSR count). The standard InChI is InChI=1S/C19H24N2O3.ClH/c1-13-3-4-14(2)18(9-13)24-16-5-7-21(8-6-16)19(22)15-10-17(11-20)23-12-15;/h3-4,9-10,12,16H,5-8,11,20H2,1-2H3;1H. The molecule has 1 saturated heterocycles. The van der Waals surface area contributed by atoms with Crippen LogP contribution in [-0.4, -0.2) is 30.0 Å². The SMILES string of the molecule is Cc1ccc(C)c(OC2CCN(C(=O)c3coc(CN)c3)CC2)c1.Cl. The lowest BCUT2D eigenvalue weighted by atomic mass is 10.1. The highest BCUT2D eigenvalue weighted by molar-refractivity contribution is 5.94. The molecule has 1 aliphatic rings. The summed E-state index contributed by atoms with van der Waals surface area (Å²) in [6.45, 7) is 5.81. The highest BCUT2D eigenvalue weighted by Crippen LogP contribution is 2.24. The Morgan fingerprint density at radius 1 is 1.28 bits per heavy atom. The van der Waals surface area contributed by atoms with E-state index in [-0.39, 0.29) is 24.4 Å². The Morgan fingerprint density at radius 2 is 2.00 bits per heavy atom. The van der Waals surface area contributed by atoms with Gasteiger partial charge in [0.25, 0.3) is 5.91 Å². The van der Waals surface area contributed by atoms with Crippen molar-refractivity contribution in [2.24, 2.45) is 5.73 Å². The molecule has 0 radical (unpaired) electrons. The maximum atomic E-state index is 12.5. The largest absolute Gasteiger partial charge is 0.490 e. The lowest BCUT2D eigenvalue weighted by Gasteiger charge is -2.32. The summed E-state index contributed by atoms with van der Waals surface area (Å²) in [7, 11) is 0. The third kappa shape index (κ3) is 4.55. The topological polar surface area (TPSA) is 68.7 Å². The summed E-state index contributed by atoms with van der Waals surface area (Å²) in [4.78, 5) is 14.3. The van der Waals surface area contributed by atoms with Gasteiger partial charge in [-0.25, -0.2) is 0 Å². The summed E-state index contributed by atoms with van der Waals surface area (Å²) in [6.07, 6.45) is 3.31. The van der Waals surface area contributed by atoms with Gasteiger partial charge in [0.2, 0.25) is 0 Å². The first kappa shape index (κ1) is 19.3. The molecule has 0 spiro atoms. The Kier molecular flexibility index (Phi) is 6.51. The van der Waals surface area contributed by atoms with Gasteiger partial charge in [0, 0.05) is 25.9 Å². The fraction of sp³-hybridized carbons (Fsp3) is 0.421. The lowest BCUT2D eigenvalue weighted by Crippen LogP contribution is -2.41. The predicted octanol–water partition coefficient (Wildman–Crippen LogP) is 3.46. The van der Waals surface area contributed by atoms with Crippen molar-refractivity contribution in [2.45, 2.75) is 39.3 Å².